The molecule has 0 heterocycles. The predicted octanol–water partition coefficient (Wildman–Crippen LogP) is 6.93. The molecule has 0 aliphatic rings. The van der Waals surface area contributed by atoms with Crippen molar-refractivity contribution in [1.82, 2.24) is 0 Å². The predicted molar refractivity (Wildman–Crippen MR) is 99.4 cm³/mol. The van der Waals surface area contributed by atoms with Gasteiger partial charge in [-0.25, -0.2) is 0 Å². The van der Waals surface area contributed by atoms with Crippen molar-refractivity contribution in [3.05, 3.63) is 69.2 Å². The number of hydrogen-bond donors (Lipinski definition) is 0. The number of benzene rings is 2. The molecule has 0 fully saturated rings. The van der Waals surface area contributed by atoms with E-state index in [-0.39, 0.29) is 10.2 Å². The van der Waals surface area contributed by atoms with E-state index in [0.717, 1.165) is 10.9 Å². The first-order valence-corrected chi connectivity index (χ1v) is 9.06. The molecule has 0 aromatic heterocycles. The van der Waals surface area contributed by atoms with Gasteiger partial charge in [0, 0.05) is 4.47 Å². The van der Waals surface area contributed by atoms with Crippen LogP contribution < -0.4 is 0 Å². The van der Waals surface area contributed by atoms with E-state index in [4.69, 9.17) is 0 Å². The van der Waals surface area contributed by atoms with Gasteiger partial charge in [0.1, 0.15) is 0 Å². The zero-order valence-electron chi connectivity index (χ0n) is 13.1. The molecule has 0 amide bonds. The van der Waals surface area contributed by atoms with E-state index in [1.165, 1.54) is 22.3 Å². The number of alkyl halides is 1. The van der Waals surface area contributed by atoms with Crippen molar-refractivity contribution in [3.8, 4) is 0 Å². The Morgan fingerprint density at radius 3 is 2.24 bits per heavy atom. The number of rotatable bonds is 4. The van der Waals surface area contributed by atoms with Crippen LogP contribution in [0.3, 0.4) is 0 Å². The third kappa shape index (κ3) is 3.78. The smallest absolute Gasteiger partial charge is 0.0655 e. The number of hydrogen-bond acceptors (Lipinski definition) is 0. The highest BCUT2D eigenvalue weighted by Gasteiger charge is 2.19. The molecule has 0 bridgehead atoms. The second-order valence-corrected chi connectivity index (χ2v) is 8.02. The molecule has 0 saturated carbocycles. The minimum absolute atomic E-state index is 0.213. The van der Waals surface area contributed by atoms with Crippen LogP contribution in [-0.4, -0.2) is 0 Å². The summed E-state index contributed by atoms with van der Waals surface area (Å²) in [7, 11) is 0. The highest BCUT2D eigenvalue weighted by Crippen LogP contribution is 2.37. The lowest BCUT2D eigenvalue weighted by molar-refractivity contribution is 0.506. The van der Waals surface area contributed by atoms with Crippen molar-refractivity contribution in [2.45, 2.75) is 44.4 Å². The van der Waals surface area contributed by atoms with Gasteiger partial charge < -0.3 is 0 Å². The van der Waals surface area contributed by atoms with Crippen LogP contribution in [0.5, 0.6) is 0 Å². The minimum Gasteiger partial charge on any atom is -0.0786 e. The van der Waals surface area contributed by atoms with E-state index < -0.39 is 0 Å². The van der Waals surface area contributed by atoms with Gasteiger partial charge in [-0.1, -0.05) is 94.6 Å². The molecule has 21 heavy (non-hydrogen) atoms. The molecule has 112 valence electrons. The average Bonchev–Trinajstić information content (AvgIpc) is 2.49. The van der Waals surface area contributed by atoms with Crippen LogP contribution >= 0.6 is 31.9 Å². The van der Waals surface area contributed by atoms with Gasteiger partial charge in [0.2, 0.25) is 0 Å². The van der Waals surface area contributed by atoms with Gasteiger partial charge in [-0.2, -0.15) is 0 Å². The number of aryl methyl sites for hydroxylation is 1. The molecule has 2 aromatic carbocycles. The molecule has 1 unspecified atom stereocenters. The Kier molecular flexibility index (Phi) is 5.32. The topological polar surface area (TPSA) is 0 Å². The van der Waals surface area contributed by atoms with Crippen LogP contribution in [0, 0.1) is 6.92 Å². The van der Waals surface area contributed by atoms with Gasteiger partial charge >= 0.3 is 0 Å². The lowest BCUT2D eigenvalue weighted by Gasteiger charge is -2.24. The van der Waals surface area contributed by atoms with Crippen molar-refractivity contribution in [3.63, 3.8) is 0 Å². The Morgan fingerprint density at radius 1 is 1.05 bits per heavy atom. The van der Waals surface area contributed by atoms with Gasteiger partial charge in [0.05, 0.1) is 4.83 Å². The fourth-order valence-electron chi connectivity index (χ4n) is 2.34. The monoisotopic (exact) mass is 408 g/mol. The molecular formula is C19H22Br2. The van der Waals surface area contributed by atoms with Crippen LogP contribution in [0.1, 0.15) is 54.3 Å². The summed E-state index contributed by atoms with van der Waals surface area (Å²) in [4.78, 5) is 0.213. The molecule has 0 nitrogen and oxygen atoms in total. The largest absolute Gasteiger partial charge is 0.0786 e. The highest BCUT2D eigenvalue weighted by atomic mass is 79.9. The first-order valence-electron chi connectivity index (χ1n) is 7.35. The lowest BCUT2D eigenvalue weighted by atomic mass is 9.82. The van der Waals surface area contributed by atoms with Crippen molar-refractivity contribution in [2.24, 2.45) is 0 Å². The Bertz CT molecular complexity index is 612. The van der Waals surface area contributed by atoms with Gasteiger partial charge in [0.15, 0.2) is 0 Å². The maximum absolute atomic E-state index is 3.84. The third-order valence-corrected chi connectivity index (χ3v) is 6.04. The van der Waals surface area contributed by atoms with Crippen LogP contribution in [0.15, 0.2) is 46.9 Å². The summed E-state index contributed by atoms with van der Waals surface area (Å²) in [5, 5.41) is 0. The molecule has 0 aliphatic heterocycles. The molecule has 2 aromatic rings. The van der Waals surface area contributed by atoms with Crippen LogP contribution in [0.2, 0.25) is 0 Å². The normalized spacial score (nSPS) is 13.2. The molecule has 0 saturated heterocycles. The van der Waals surface area contributed by atoms with Crippen LogP contribution in [0.4, 0.5) is 0 Å². The van der Waals surface area contributed by atoms with E-state index in [1.807, 2.05) is 0 Å². The molecule has 1 atom stereocenters. The van der Waals surface area contributed by atoms with E-state index in [0.29, 0.717) is 0 Å². The van der Waals surface area contributed by atoms with Crippen LogP contribution in [-0.2, 0) is 5.41 Å². The third-order valence-electron chi connectivity index (χ3n) is 4.29. The van der Waals surface area contributed by atoms with Gasteiger partial charge in [-0.3, -0.25) is 0 Å². The van der Waals surface area contributed by atoms with Crippen molar-refractivity contribution in [1.29, 1.82) is 0 Å². The molecule has 0 radical (unpaired) electrons. The molecule has 0 N–H and O–H groups in total. The van der Waals surface area contributed by atoms with Gasteiger partial charge in [0.25, 0.3) is 0 Å². The second-order valence-electron chi connectivity index (χ2n) is 6.25. The standard InChI is InChI=1S/C19H22Br2/c1-5-19(3,4)15-9-7-14(8-10-15)18(21)16-12-13(2)6-11-17(16)20/h6-12,18H,5H2,1-4H3. The van der Waals surface area contributed by atoms with E-state index in [2.05, 4.69) is 102 Å². The Labute approximate surface area is 145 Å². The summed E-state index contributed by atoms with van der Waals surface area (Å²) < 4.78 is 1.15. The maximum Gasteiger partial charge on any atom is 0.0655 e. The number of halogens is 2. The van der Waals surface area contributed by atoms with Crippen molar-refractivity contribution in [2.75, 3.05) is 0 Å². The summed E-state index contributed by atoms with van der Waals surface area (Å²) in [5.41, 5.74) is 5.48. The zero-order chi connectivity index (χ0) is 15.6. The van der Waals surface area contributed by atoms with Gasteiger partial charge in [-0.15, -0.1) is 0 Å². The summed E-state index contributed by atoms with van der Waals surface area (Å²) in [6, 6.07) is 15.5. The quantitative estimate of drug-likeness (QED) is 0.480. The Morgan fingerprint density at radius 2 is 1.67 bits per heavy atom. The highest BCUT2D eigenvalue weighted by molar-refractivity contribution is 9.11. The summed E-state index contributed by atoms with van der Waals surface area (Å²) in [5.74, 6) is 0. The molecule has 2 rings (SSSR count). The fourth-order valence-corrected chi connectivity index (χ4v) is 3.81. The summed E-state index contributed by atoms with van der Waals surface area (Å²) in [6.45, 7) is 8.96. The molecule has 0 aliphatic carbocycles. The molecule has 2 heteroatoms. The lowest BCUT2D eigenvalue weighted by Crippen LogP contribution is -2.15. The van der Waals surface area contributed by atoms with Crippen molar-refractivity contribution < 1.29 is 0 Å². The van der Waals surface area contributed by atoms with E-state index in [9.17, 15) is 0 Å². The van der Waals surface area contributed by atoms with E-state index >= 15 is 0 Å². The SMILES string of the molecule is CCC(C)(C)c1ccc(C(Br)c2cc(C)ccc2Br)cc1. The molecule has 0 spiro atoms. The van der Waals surface area contributed by atoms with Crippen LogP contribution in [0.25, 0.3) is 0 Å². The summed E-state index contributed by atoms with van der Waals surface area (Å²) in [6.07, 6.45) is 1.15. The average molecular weight is 410 g/mol. The fraction of sp³-hybridized carbons (Fsp3) is 0.368. The molecular weight excluding hydrogens is 388 g/mol. The van der Waals surface area contributed by atoms with E-state index in [1.54, 1.807) is 0 Å². The van der Waals surface area contributed by atoms with Gasteiger partial charge in [-0.05, 0) is 41.5 Å². The van der Waals surface area contributed by atoms with Crippen molar-refractivity contribution >= 4 is 31.9 Å². The maximum atomic E-state index is 3.84. The minimum atomic E-state index is 0.213. The first-order chi connectivity index (χ1) is 9.85. The zero-order valence-corrected chi connectivity index (χ0v) is 16.3. The Balaban J connectivity index is 2.32. The Hall–Kier alpha value is -0.600. The summed E-state index contributed by atoms with van der Waals surface area (Å²) >= 11 is 7.50. The first kappa shape index (κ1) is 16.8. The second kappa shape index (κ2) is 6.66.